The minimum atomic E-state index is -4.21. The van der Waals surface area contributed by atoms with Gasteiger partial charge in [-0.2, -0.15) is 12.7 Å². The molecule has 2 aliphatic heterocycles. The molecule has 13 heteroatoms. The lowest BCUT2D eigenvalue weighted by Gasteiger charge is -2.38. The number of nitrogens with zero attached hydrogens (tertiary/aromatic N) is 2. The molecule has 3 fully saturated rings. The van der Waals surface area contributed by atoms with Crippen LogP contribution in [0.25, 0.3) is 0 Å². The topological polar surface area (TPSA) is 114 Å². The minimum Gasteiger partial charge on any atom is -0.492 e. The normalized spacial score (nSPS) is 21.4. The van der Waals surface area contributed by atoms with E-state index in [0.29, 0.717) is 32.0 Å². The zero-order chi connectivity index (χ0) is 27.7. The van der Waals surface area contributed by atoms with Crippen LogP contribution < -0.4 is 9.46 Å². The van der Waals surface area contributed by atoms with E-state index in [-0.39, 0.29) is 36.1 Å². The Hall–Kier alpha value is -2.15. The lowest BCUT2D eigenvalue weighted by molar-refractivity contribution is -0.0621. The average Bonchev–Trinajstić information content (AvgIpc) is 3.46. The molecule has 10 nitrogen and oxygen atoms in total. The molecule has 38 heavy (non-hydrogen) atoms. The number of hydrogen-bond acceptors (Lipinski definition) is 7. The van der Waals surface area contributed by atoms with E-state index in [4.69, 9.17) is 25.8 Å². The van der Waals surface area contributed by atoms with Gasteiger partial charge >= 0.3 is 16.3 Å². The van der Waals surface area contributed by atoms with E-state index in [1.807, 2.05) is 4.72 Å². The van der Waals surface area contributed by atoms with Crippen molar-refractivity contribution in [3.05, 3.63) is 28.5 Å². The van der Waals surface area contributed by atoms with Crippen LogP contribution in [0.5, 0.6) is 5.75 Å². The standard InChI is InChI=1S/C25H35ClFN3O7S/c1-25(2,3)37-24(32)29-9-8-17(12-29)36-18-13-30(14-18)38(33,34)28-23(31)19-10-20(26)22(11-21(19)27)35-15-16-6-4-5-7-16/h10-11,16-18H,4-9,12-15H2,1-3H3,(H,28,31). The summed E-state index contributed by atoms with van der Waals surface area (Å²) in [5, 5.41) is 0.0290. The molecular formula is C25H35ClFN3O7S. The third kappa shape index (κ3) is 7.28. The number of benzene rings is 1. The van der Waals surface area contributed by atoms with E-state index < -0.39 is 39.2 Å². The van der Waals surface area contributed by atoms with Crippen LogP contribution >= 0.6 is 11.6 Å². The molecule has 2 heterocycles. The second-order valence-electron chi connectivity index (χ2n) is 11.1. The number of amides is 2. The van der Waals surface area contributed by atoms with Crippen LogP contribution in [0, 0.1) is 11.7 Å². The Morgan fingerprint density at radius 3 is 2.45 bits per heavy atom. The van der Waals surface area contributed by atoms with Gasteiger partial charge in [0.1, 0.15) is 17.2 Å². The van der Waals surface area contributed by atoms with Gasteiger partial charge in [0.05, 0.1) is 35.9 Å². The fraction of sp³-hybridized carbons (Fsp3) is 0.680. The number of carbonyl (C=O) groups excluding carboxylic acids is 2. The molecule has 1 N–H and O–H groups in total. The highest BCUT2D eigenvalue weighted by atomic mass is 35.5. The summed E-state index contributed by atoms with van der Waals surface area (Å²) >= 11 is 6.18. The summed E-state index contributed by atoms with van der Waals surface area (Å²) in [6.45, 7) is 6.70. The van der Waals surface area contributed by atoms with Gasteiger partial charge in [-0.3, -0.25) is 4.79 Å². The molecule has 3 aliphatic rings. The number of carbonyl (C=O) groups is 2. The lowest BCUT2D eigenvalue weighted by atomic mass is 10.1. The van der Waals surface area contributed by atoms with Crippen LogP contribution in [0.15, 0.2) is 12.1 Å². The van der Waals surface area contributed by atoms with Gasteiger partial charge in [0.25, 0.3) is 5.91 Å². The van der Waals surface area contributed by atoms with E-state index in [2.05, 4.69) is 0 Å². The highest BCUT2D eigenvalue weighted by Crippen LogP contribution is 2.31. The summed E-state index contributed by atoms with van der Waals surface area (Å²) in [7, 11) is -4.21. The van der Waals surface area contributed by atoms with Crippen molar-refractivity contribution in [1.82, 2.24) is 13.9 Å². The molecule has 1 unspecified atom stereocenters. The molecule has 4 rings (SSSR count). The molecule has 0 spiro atoms. The molecular weight excluding hydrogens is 541 g/mol. The highest BCUT2D eigenvalue weighted by Gasteiger charge is 2.40. The quantitative estimate of drug-likeness (QED) is 0.502. The number of nitrogens with one attached hydrogen (secondary N) is 1. The maximum atomic E-state index is 14.7. The van der Waals surface area contributed by atoms with E-state index >= 15 is 0 Å². The highest BCUT2D eigenvalue weighted by molar-refractivity contribution is 7.87. The Labute approximate surface area is 227 Å². The number of likely N-dealkylation sites (tertiary alicyclic amines) is 1. The Morgan fingerprint density at radius 1 is 1.11 bits per heavy atom. The van der Waals surface area contributed by atoms with E-state index in [1.165, 1.54) is 0 Å². The third-order valence-corrected chi connectivity index (χ3v) is 8.49. The maximum Gasteiger partial charge on any atom is 0.410 e. The first kappa shape index (κ1) is 28.8. The van der Waals surface area contributed by atoms with Crippen LogP contribution in [0.2, 0.25) is 5.02 Å². The Balaban J connectivity index is 1.25. The molecule has 1 aliphatic carbocycles. The van der Waals surface area contributed by atoms with E-state index in [9.17, 15) is 22.4 Å². The Kier molecular flexibility index (Phi) is 8.75. The van der Waals surface area contributed by atoms with Gasteiger partial charge in [0.15, 0.2) is 0 Å². The predicted molar refractivity (Wildman–Crippen MR) is 138 cm³/mol. The first-order chi connectivity index (χ1) is 17.8. The molecule has 0 bridgehead atoms. The van der Waals surface area contributed by atoms with Gasteiger partial charge in [-0.05, 0) is 52.0 Å². The van der Waals surface area contributed by atoms with Crippen molar-refractivity contribution >= 4 is 33.8 Å². The molecule has 0 aromatic heterocycles. The summed E-state index contributed by atoms with van der Waals surface area (Å²) in [6, 6.07) is 2.08. The lowest BCUT2D eigenvalue weighted by Crippen LogP contribution is -2.59. The summed E-state index contributed by atoms with van der Waals surface area (Å²) in [5.74, 6) is -1.54. The van der Waals surface area contributed by atoms with Crippen LogP contribution in [0.3, 0.4) is 0 Å². The minimum absolute atomic E-state index is 0.0290. The molecule has 0 radical (unpaired) electrons. The third-order valence-electron chi connectivity index (χ3n) is 6.77. The van der Waals surface area contributed by atoms with Crippen molar-refractivity contribution in [3.63, 3.8) is 0 Å². The second-order valence-corrected chi connectivity index (χ2v) is 13.2. The van der Waals surface area contributed by atoms with Gasteiger partial charge in [0.2, 0.25) is 0 Å². The smallest absolute Gasteiger partial charge is 0.410 e. The molecule has 212 valence electrons. The maximum absolute atomic E-state index is 14.7. The van der Waals surface area contributed by atoms with Crippen LogP contribution in [0.1, 0.15) is 63.2 Å². The largest absolute Gasteiger partial charge is 0.492 e. The average molecular weight is 576 g/mol. The molecule has 1 saturated carbocycles. The predicted octanol–water partition coefficient (Wildman–Crippen LogP) is 3.73. The summed E-state index contributed by atoms with van der Waals surface area (Å²) in [6.07, 6.45) is 3.95. The van der Waals surface area contributed by atoms with Gasteiger partial charge in [0, 0.05) is 25.7 Å². The Bertz CT molecular complexity index is 1150. The fourth-order valence-electron chi connectivity index (χ4n) is 4.72. The van der Waals surface area contributed by atoms with Gasteiger partial charge in [-0.25, -0.2) is 13.9 Å². The summed E-state index contributed by atoms with van der Waals surface area (Å²) in [4.78, 5) is 26.3. The van der Waals surface area contributed by atoms with E-state index in [1.54, 1.807) is 25.7 Å². The summed E-state index contributed by atoms with van der Waals surface area (Å²) in [5.41, 5.74) is -1.09. The number of hydrogen-bond donors (Lipinski definition) is 1. The van der Waals surface area contributed by atoms with Gasteiger partial charge in [-0.1, -0.05) is 24.4 Å². The number of ether oxygens (including phenoxy) is 3. The fourth-order valence-corrected chi connectivity index (χ4v) is 6.14. The van der Waals surface area contributed by atoms with Crippen molar-refractivity contribution < 1.29 is 36.6 Å². The summed E-state index contributed by atoms with van der Waals surface area (Å²) < 4.78 is 59.8. The van der Waals surface area contributed by atoms with Crippen LogP contribution in [-0.4, -0.2) is 80.2 Å². The van der Waals surface area contributed by atoms with Crippen molar-refractivity contribution in [2.24, 2.45) is 5.92 Å². The molecule has 1 aromatic rings. The van der Waals surface area contributed by atoms with Crippen molar-refractivity contribution in [1.29, 1.82) is 0 Å². The number of halogens is 2. The monoisotopic (exact) mass is 575 g/mol. The first-order valence-corrected chi connectivity index (χ1v) is 14.7. The SMILES string of the molecule is CC(C)(C)OC(=O)N1CCC(OC2CN(S(=O)(=O)NC(=O)c3cc(Cl)c(OCC4CCCC4)cc3F)C2)C1. The zero-order valence-corrected chi connectivity index (χ0v) is 23.4. The number of rotatable bonds is 8. The molecule has 1 atom stereocenters. The van der Waals surface area contributed by atoms with Gasteiger partial charge < -0.3 is 19.1 Å². The first-order valence-electron chi connectivity index (χ1n) is 12.9. The Morgan fingerprint density at radius 2 is 1.79 bits per heavy atom. The molecule has 2 amide bonds. The van der Waals surface area contributed by atoms with E-state index in [0.717, 1.165) is 42.1 Å². The van der Waals surface area contributed by atoms with Gasteiger partial charge in [-0.15, -0.1) is 0 Å². The van der Waals surface area contributed by atoms with Crippen molar-refractivity contribution in [3.8, 4) is 5.75 Å². The van der Waals surface area contributed by atoms with Crippen molar-refractivity contribution in [2.75, 3.05) is 32.8 Å². The zero-order valence-electron chi connectivity index (χ0n) is 21.9. The van der Waals surface area contributed by atoms with Crippen molar-refractivity contribution in [2.45, 2.75) is 70.7 Å². The molecule has 1 aromatic carbocycles. The molecule has 2 saturated heterocycles. The van der Waals surface area contributed by atoms with Crippen LogP contribution in [-0.2, 0) is 19.7 Å². The second kappa shape index (κ2) is 11.5. The van der Waals surface area contributed by atoms with Crippen LogP contribution in [0.4, 0.5) is 9.18 Å².